The highest BCUT2D eigenvalue weighted by Gasteiger charge is 2.29. The van der Waals surface area contributed by atoms with Gasteiger partial charge in [-0.3, -0.25) is 0 Å². The van der Waals surface area contributed by atoms with Crippen LogP contribution in [0, 0.1) is 0 Å². The smallest absolute Gasteiger partial charge is 0.408 e. The highest BCUT2D eigenvalue weighted by Crippen LogP contribution is 2.34. The van der Waals surface area contributed by atoms with E-state index in [0.29, 0.717) is 5.75 Å². The van der Waals surface area contributed by atoms with Gasteiger partial charge in [-0.05, 0) is 26.8 Å². The predicted octanol–water partition coefficient (Wildman–Crippen LogP) is 2.35. The first kappa shape index (κ1) is 17.6. The number of alkyl carbamates (subject to hydrolysis) is 1. The summed E-state index contributed by atoms with van der Waals surface area (Å²) in [6.07, 6.45) is -0.829. The van der Waals surface area contributed by atoms with E-state index in [9.17, 15) is 14.7 Å². The maximum absolute atomic E-state index is 11.8. The third kappa shape index (κ3) is 4.54. The van der Waals surface area contributed by atoms with Gasteiger partial charge in [0, 0.05) is 5.56 Å². The van der Waals surface area contributed by atoms with Gasteiger partial charge >= 0.3 is 12.1 Å². The maximum atomic E-state index is 11.8. The lowest BCUT2D eigenvalue weighted by atomic mass is 10.1. The van der Waals surface area contributed by atoms with Gasteiger partial charge in [-0.1, -0.05) is 12.1 Å². The van der Waals surface area contributed by atoms with Gasteiger partial charge in [-0.2, -0.15) is 0 Å². The van der Waals surface area contributed by atoms with Crippen molar-refractivity contribution in [2.75, 3.05) is 14.2 Å². The van der Waals surface area contributed by atoms with Crippen LogP contribution in [0.4, 0.5) is 4.79 Å². The maximum Gasteiger partial charge on any atom is 0.408 e. The molecule has 1 unspecified atom stereocenters. The molecular weight excluding hydrogens is 290 g/mol. The van der Waals surface area contributed by atoms with E-state index in [-0.39, 0.29) is 11.3 Å². The number of rotatable bonds is 5. The molecule has 0 fully saturated rings. The van der Waals surface area contributed by atoms with Crippen molar-refractivity contribution in [3.63, 3.8) is 0 Å². The zero-order valence-electron chi connectivity index (χ0n) is 13.3. The van der Waals surface area contributed by atoms with Crippen LogP contribution in [0.15, 0.2) is 18.2 Å². The summed E-state index contributed by atoms with van der Waals surface area (Å²) in [5.74, 6) is -0.622. The highest BCUT2D eigenvalue weighted by atomic mass is 16.6. The van der Waals surface area contributed by atoms with E-state index in [1.807, 2.05) is 0 Å². The Kier molecular flexibility index (Phi) is 5.62. The summed E-state index contributed by atoms with van der Waals surface area (Å²) in [6, 6.07) is 3.47. The van der Waals surface area contributed by atoms with Crippen LogP contribution in [0.1, 0.15) is 32.4 Å². The molecule has 1 aromatic carbocycles. The molecule has 0 aromatic heterocycles. The number of amides is 1. The van der Waals surface area contributed by atoms with Crippen LogP contribution in [0.5, 0.6) is 11.5 Å². The number of methoxy groups -OCH3 is 2. The van der Waals surface area contributed by atoms with Crippen molar-refractivity contribution in [1.29, 1.82) is 0 Å². The van der Waals surface area contributed by atoms with Crippen molar-refractivity contribution in [3.05, 3.63) is 23.8 Å². The van der Waals surface area contributed by atoms with Gasteiger partial charge < -0.3 is 24.6 Å². The summed E-state index contributed by atoms with van der Waals surface area (Å²) < 4.78 is 15.4. The number of benzene rings is 1. The van der Waals surface area contributed by atoms with E-state index in [4.69, 9.17) is 14.2 Å². The highest BCUT2D eigenvalue weighted by molar-refractivity contribution is 5.82. The minimum absolute atomic E-state index is 0.244. The van der Waals surface area contributed by atoms with E-state index in [1.54, 1.807) is 32.9 Å². The fourth-order valence-corrected chi connectivity index (χ4v) is 1.84. The number of aliphatic carboxylic acids is 1. The number of hydrogen-bond donors (Lipinski definition) is 2. The van der Waals surface area contributed by atoms with Crippen LogP contribution in [-0.2, 0) is 9.53 Å². The minimum Gasteiger partial charge on any atom is -0.493 e. The summed E-state index contributed by atoms with van der Waals surface area (Å²) in [5, 5.41) is 11.7. The van der Waals surface area contributed by atoms with Crippen LogP contribution in [0.25, 0.3) is 0 Å². The van der Waals surface area contributed by atoms with Gasteiger partial charge in [-0.15, -0.1) is 0 Å². The van der Waals surface area contributed by atoms with Gasteiger partial charge in [0.2, 0.25) is 0 Å². The predicted molar refractivity (Wildman–Crippen MR) is 79.3 cm³/mol. The zero-order valence-corrected chi connectivity index (χ0v) is 13.3. The molecule has 0 saturated carbocycles. The third-order valence-corrected chi connectivity index (χ3v) is 2.65. The van der Waals surface area contributed by atoms with E-state index in [2.05, 4.69) is 5.32 Å². The van der Waals surface area contributed by atoms with E-state index < -0.39 is 23.7 Å². The zero-order chi connectivity index (χ0) is 16.9. The summed E-state index contributed by atoms with van der Waals surface area (Å²) in [5.41, 5.74) is -0.466. The number of carbonyl (C=O) groups is 2. The SMILES string of the molecule is COc1cccc(C(NC(=O)OC(C)(C)C)C(=O)O)c1OC. The quantitative estimate of drug-likeness (QED) is 0.867. The molecule has 1 rings (SSSR count). The molecule has 7 nitrogen and oxygen atoms in total. The Balaban J connectivity index is 3.12. The first-order valence-corrected chi connectivity index (χ1v) is 6.62. The molecule has 1 amide bonds. The number of carboxylic acid groups (broad SMARTS) is 1. The average Bonchev–Trinajstić information content (AvgIpc) is 2.41. The Bertz CT molecular complexity index is 549. The summed E-state index contributed by atoms with van der Waals surface area (Å²) >= 11 is 0. The molecule has 1 atom stereocenters. The second-order valence-electron chi connectivity index (χ2n) is 5.50. The van der Waals surface area contributed by atoms with Crippen molar-refractivity contribution in [2.45, 2.75) is 32.4 Å². The van der Waals surface area contributed by atoms with Crippen molar-refractivity contribution < 1.29 is 28.9 Å². The van der Waals surface area contributed by atoms with Crippen LogP contribution >= 0.6 is 0 Å². The molecule has 0 spiro atoms. The Morgan fingerprint density at radius 3 is 2.27 bits per heavy atom. The van der Waals surface area contributed by atoms with Crippen molar-refractivity contribution in [2.24, 2.45) is 0 Å². The first-order valence-electron chi connectivity index (χ1n) is 6.62. The van der Waals surface area contributed by atoms with E-state index >= 15 is 0 Å². The second kappa shape index (κ2) is 7.02. The van der Waals surface area contributed by atoms with E-state index in [0.717, 1.165) is 0 Å². The number of nitrogens with one attached hydrogen (secondary N) is 1. The Morgan fingerprint density at radius 1 is 1.18 bits per heavy atom. The molecule has 0 aliphatic heterocycles. The third-order valence-electron chi connectivity index (χ3n) is 2.65. The molecule has 2 N–H and O–H groups in total. The van der Waals surface area contributed by atoms with Crippen molar-refractivity contribution in [1.82, 2.24) is 5.32 Å². The Hall–Kier alpha value is -2.44. The lowest BCUT2D eigenvalue weighted by Crippen LogP contribution is -2.38. The van der Waals surface area contributed by atoms with Crippen molar-refractivity contribution in [3.8, 4) is 11.5 Å². The monoisotopic (exact) mass is 311 g/mol. The fraction of sp³-hybridized carbons (Fsp3) is 0.467. The van der Waals surface area contributed by atoms with Crippen LogP contribution in [0.2, 0.25) is 0 Å². The average molecular weight is 311 g/mol. The minimum atomic E-state index is -1.32. The topological polar surface area (TPSA) is 94.1 Å². The molecular formula is C15H21NO6. The van der Waals surface area contributed by atoms with Gasteiger partial charge in [-0.25, -0.2) is 9.59 Å². The summed E-state index contributed by atoms with van der Waals surface area (Å²) in [6.45, 7) is 5.07. The van der Waals surface area contributed by atoms with Gasteiger partial charge in [0.1, 0.15) is 5.60 Å². The van der Waals surface area contributed by atoms with Crippen molar-refractivity contribution >= 4 is 12.1 Å². The molecule has 0 heterocycles. The summed E-state index contributed by atoms with van der Waals surface area (Å²) in [4.78, 5) is 23.3. The largest absolute Gasteiger partial charge is 0.493 e. The number of carbonyl (C=O) groups excluding carboxylic acids is 1. The standard InChI is InChI=1S/C15H21NO6/c1-15(2,3)22-14(19)16-11(13(17)18)9-7-6-8-10(20-4)12(9)21-5/h6-8,11H,1-5H3,(H,16,19)(H,17,18). The Morgan fingerprint density at radius 2 is 1.82 bits per heavy atom. The normalized spacial score (nSPS) is 12.2. The number of hydrogen-bond acceptors (Lipinski definition) is 5. The molecule has 0 radical (unpaired) electrons. The Labute approximate surface area is 129 Å². The van der Waals surface area contributed by atoms with Gasteiger partial charge in [0.05, 0.1) is 14.2 Å². The van der Waals surface area contributed by atoms with Crippen LogP contribution < -0.4 is 14.8 Å². The molecule has 7 heteroatoms. The summed E-state index contributed by atoms with van der Waals surface area (Å²) in [7, 11) is 2.84. The number of carboxylic acids is 1. The molecule has 1 aromatic rings. The number of ether oxygens (including phenoxy) is 3. The number of para-hydroxylation sites is 1. The van der Waals surface area contributed by atoms with Crippen LogP contribution in [-0.4, -0.2) is 37.0 Å². The lowest BCUT2D eigenvalue weighted by molar-refractivity contribution is -0.139. The molecule has 0 bridgehead atoms. The molecule has 122 valence electrons. The fourth-order valence-electron chi connectivity index (χ4n) is 1.84. The van der Waals surface area contributed by atoms with Gasteiger partial charge in [0.15, 0.2) is 17.5 Å². The van der Waals surface area contributed by atoms with Gasteiger partial charge in [0.25, 0.3) is 0 Å². The molecule has 0 aliphatic rings. The second-order valence-corrected chi connectivity index (χ2v) is 5.50. The molecule has 22 heavy (non-hydrogen) atoms. The molecule has 0 saturated heterocycles. The first-order chi connectivity index (χ1) is 10.2. The van der Waals surface area contributed by atoms with Crippen LogP contribution in [0.3, 0.4) is 0 Å². The lowest BCUT2D eigenvalue weighted by Gasteiger charge is -2.23. The van der Waals surface area contributed by atoms with E-state index in [1.165, 1.54) is 20.3 Å². The molecule has 0 aliphatic carbocycles.